The highest BCUT2D eigenvalue weighted by atomic mass is 35.5. The smallest absolute Gasteiger partial charge is 0.249 e. The lowest BCUT2D eigenvalue weighted by atomic mass is 10.1. The second kappa shape index (κ2) is 5.29. The summed E-state index contributed by atoms with van der Waals surface area (Å²) in [5.74, 6) is -2.37. The number of nitriles is 1. The quantitative estimate of drug-likeness (QED) is 0.816. The first-order valence-electron chi connectivity index (χ1n) is 4.51. The van der Waals surface area contributed by atoms with Gasteiger partial charge in [0.2, 0.25) is 5.91 Å². The fourth-order valence-electron chi connectivity index (χ4n) is 1.08. The summed E-state index contributed by atoms with van der Waals surface area (Å²) in [4.78, 5) is 22.4. The first-order chi connectivity index (χ1) is 7.54. The molecule has 1 aromatic carbocycles. The highest BCUT2D eigenvalue weighted by Crippen LogP contribution is 2.14. The maximum atomic E-state index is 11.5. The second-order valence-electron chi connectivity index (χ2n) is 3.17. The summed E-state index contributed by atoms with van der Waals surface area (Å²) in [5, 5.41) is 11.6. The second-order valence-corrected chi connectivity index (χ2v) is 3.61. The SMILES string of the molecule is CC(=O)C(C#N)C(=O)Nc1ccc(Cl)cc1. The molecule has 0 fully saturated rings. The number of nitrogens with one attached hydrogen (secondary N) is 1. The van der Waals surface area contributed by atoms with E-state index in [1.807, 2.05) is 0 Å². The Kier molecular flexibility index (Phi) is 4.03. The third kappa shape index (κ3) is 3.07. The predicted octanol–water partition coefficient (Wildman–Crippen LogP) is 2.01. The number of amides is 1. The zero-order valence-corrected chi connectivity index (χ0v) is 9.28. The molecule has 5 heteroatoms. The Morgan fingerprint density at radius 2 is 1.94 bits per heavy atom. The summed E-state index contributed by atoms with van der Waals surface area (Å²) in [5.41, 5.74) is 0.496. The van der Waals surface area contributed by atoms with E-state index in [2.05, 4.69) is 5.32 Å². The Bertz CT molecular complexity index is 448. The number of anilines is 1. The molecule has 0 aliphatic rings. The minimum atomic E-state index is -1.27. The van der Waals surface area contributed by atoms with Crippen LogP contribution in [-0.4, -0.2) is 11.7 Å². The highest BCUT2D eigenvalue weighted by Gasteiger charge is 2.22. The van der Waals surface area contributed by atoms with E-state index < -0.39 is 17.6 Å². The number of benzene rings is 1. The van der Waals surface area contributed by atoms with E-state index in [9.17, 15) is 9.59 Å². The first-order valence-corrected chi connectivity index (χ1v) is 4.89. The molecule has 0 heterocycles. The van der Waals surface area contributed by atoms with Crippen LogP contribution in [0.1, 0.15) is 6.92 Å². The van der Waals surface area contributed by atoms with Crippen molar-refractivity contribution in [1.82, 2.24) is 0 Å². The van der Waals surface area contributed by atoms with Gasteiger partial charge in [-0.3, -0.25) is 9.59 Å². The van der Waals surface area contributed by atoms with E-state index in [0.717, 1.165) is 0 Å². The topological polar surface area (TPSA) is 70.0 Å². The van der Waals surface area contributed by atoms with Crippen LogP contribution in [0.5, 0.6) is 0 Å². The lowest BCUT2D eigenvalue weighted by Gasteiger charge is -2.07. The summed E-state index contributed by atoms with van der Waals surface area (Å²) in [7, 11) is 0. The van der Waals surface area contributed by atoms with Crippen molar-refractivity contribution in [3.05, 3.63) is 29.3 Å². The van der Waals surface area contributed by atoms with Gasteiger partial charge in [0, 0.05) is 10.7 Å². The molecule has 0 spiro atoms. The standard InChI is InChI=1S/C11H9ClN2O2/c1-7(15)10(6-13)11(16)14-9-4-2-8(12)3-5-9/h2-5,10H,1H3,(H,14,16). The summed E-state index contributed by atoms with van der Waals surface area (Å²) >= 11 is 5.67. The van der Waals surface area contributed by atoms with Gasteiger partial charge in [-0.15, -0.1) is 0 Å². The largest absolute Gasteiger partial charge is 0.325 e. The van der Waals surface area contributed by atoms with Gasteiger partial charge in [0.1, 0.15) is 0 Å². The fraction of sp³-hybridized carbons (Fsp3) is 0.182. The molecule has 16 heavy (non-hydrogen) atoms. The molecule has 1 N–H and O–H groups in total. The third-order valence-corrected chi connectivity index (χ3v) is 2.16. The molecule has 0 saturated heterocycles. The van der Waals surface area contributed by atoms with Gasteiger partial charge in [-0.05, 0) is 31.2 Å². The number of halogens is 1. The van der Waals surface area contributed by atoms with Gasteiger partial charge < -0.3 is 5.32 Å². The molecular formula is C11H9ClN2O2. The molecule has 1 aromatic rings. The first kappa shape index (κ1) is 12.2. The number of hydrogen-bond donors (Lipinski definition) is 1. The van der Waals surface area contributed by atoms with Crippen LogP contribution in [0.4, 0.5) is 5.69 Å². The van der Waals surface area contributed by atoms with E-state index >= 15 is 0 Å². The number of hydrogen-bond acceptors (Lipinski definition) is 3. The number of carbonyl (C=O) groups is 2. The van der Waals surface area contributed by atoms with Crippen molar-refractivity contribution in [1.29, 1.82) is 5.26 Å². The van der Waals surface area contributed by atoms with Crippen LogP contribution in [0.3, 0.4) is 0 Å². The number of Topliss-reactive ketones (excluding diaryl/α,β-unsaturated/α-hetero) is 1. The number of carbonyl (C=O) groups excluding carboxylic acids is 2. The molecule has 1 atom stereocenters. The Hall–Kier alpha value is -1.86. The van der Waals surface area contributed by atoms with E-state index in [1.54, 1.807) is 30.3 Å². The maximum Gasteiger partial charge on any atom is 0.249 e. The van der Waals surface area contributed by atoms with E-state index in [4.69, 9.17) is 16.9 Å². The maximum absolute atomic E-state index is 11.5. The van der Waals surface area contributed by atoms with Crippen LogP contribution in [0.25, 0.3) is 0 Å². The van der Waals surface area contributed by atoms with Crippen molar-refractivity contribution < 1.29 is 9.59 Å². The molecule has 82 valence electrons. The lowest BCUT2D eigenvalue weighted by Crippen LogP contribution is -2.26. The monoisotopic (exact) mass is 236 g/mol. The normalized spacial score (nSPS) is 11.3. The molecule has 1 unspecified atom stereocenters. The molecule has 0 aromatic heterocycles. The average Bonchev–Trinajstić information content (AvgIpc) is 2.22. The van der Waals surface area contributed by atoms with Gasteiger partial charge in [-0.25, -0.2) is 0 Å². The van der Waals surface area contributed by atoms with Crippen LogP contribution in [0, 0.1) is 17.2 Å². The highest BCUT2D eigenvalue weighted by molar-refractivity contribution is 6.30. The predicted molar refractivity (Wildman–Crippen MR) is 59.9 cm³/mol. The summed E-state index contributed by atoms with van der Waals surface area (Å²) in [6.07, 6.45) is 0. The van der Waals surface area contributed by atoms with Crippen LogP contribution >= 0.6 is 11.6 Å². The van der Waals surface area contributed by atoms with E-state index in [1.165, 1.54) is 6.92 Å². The van der Waals surface area contributed by atoms with Gasteiger partial charge >= 0.3 is 0 Å². The summed E-state index contributed by atoms with van der Waals surface area (Å²) in [6, 6.07) is 8.04. The molecule has 1 amide bonds. The van der Waals surface area contributed by atoms with Crippen molar-refractivity contribution >= 4 is 29.0 Å². The van der Waals surface area contributed by atoms with Crippen molar-refractivity contribution in [2.75, 3.05) is 5.32 Å². The molecule has 4 nitrogen and oxygen atoms in total. The van der Waals surface area contributed by atoms with Gasteiger partial charge in [0.05, 0.1) is 6.07 Å². The number of ketones is 1. The van der Waals surface area contributed by atoms with Crippen LogP contribution < -0.4 is 5.32 Å². The Morgan fingerprint density at radius 1 is 1.38 bits per heavy atom. The molecule has 0 aliphatic carbocycles. The van der Waals surface area contributed by atoms with Crippen LogP contribution in [-0.2, 0) is 9.59 Å². The zero-order chi connectivity index (χ0) is 12.1. The van der Waals surface area contributed by atoms with Crippen molar-refractivity contribution in [3.8, 4) is 6.07 Å². The fourth-order valence-corrected chi connectivity index (χ4v) is 1.21. The van der Waals surface area contributed by atoms with Crippen molar-refractivity contribution in [3.63, 3.8) is 0 Å². The third-order valence-electron chi connectivity index (χ3n) is 1.91. The Morgan fingerprint density at radius 3 is 2.38 bits per heavy atom. The van der Waals surface area contributed by atoms with Gasteiger partial charge in [0.25, 0.3) is 0 Å². The zero-order valence-electron chi connectivity index (χ0n) is 8.53. The Balaban J connectivity index is 2.75. The minimum absolute atomic E-state index is 0.478. The van der Waals surface area contributed by atoms with Gasteiger partial charge in [-0.1, -0.05) is 11.6 Å². The van der Waals surface area contributed by atoms with E-state index in [0.29, 0.717) is 10.7 Å². The molecule has 0 aliphatic heterocycles. The van der Waals surface area contributed by atoms with Gasteiger partial charge in [-0.2, -0.15) is 5.26 Å². The molecule has 0 bridgehead atoms. The number of nitrogens with zero attached hydrogens (tertiary/aromatic N) is 1. The Labute approximate surface area is 97.8 Å². The number of rotatable bonds is 3. The molecule has 1 rings (SSSR count). The molecular weight excluding hydrogens is 228 g/mol. The van der Waals surface area contributed by atoms with Gasteiger partial charge in [0.15, 0.2) is 11.7 Å². The van der Waals surface area contributed by atoms with Crippen molar-refractivity contribution in [2.24, 2.45) is 5.92 Å². The molecule has 0 saturated carbocycles. The lowest BCUT2D eigenvalue weighted by molar-refractivity contribution is -0.127. The summed E-state index contributed by atoms with van der Waals surface area (Å²) in [6.45, 7) is 1.20. The molecule has 0 radical (unpaired) electrons. The van der Waals surface area contributed by atoms with E-state index in [-0.39, 0.29) is 0 Å². The minimum Gasteiger partial charge on any atom is -0.325 e. The van der Waals surface area contributed by atoms with Crippen LogP contribution in [0.15, 0.2) is 24.3 Å². The van der Waals surface area contributed by atoms with Crippen LogP contribution in [0.2, 0.25) is 5.02 Å². The average molecular weight is 237 g/mol. The summed E-state index contributed by atoms with van der Waals surface area (Å²) < 4.78 is 0. The van der Waals surface area contributed by atoms with Crippen molar-refractivity contribution in [2.45, 2.75) is 6.92 Å².